The third kappa shape index (κ3) is 7.49. The van der Waals surface area contributed by atoms with Gasteiger partial charge in [0.15, 0.2) is 19.8 Å². The molecule has 4 aromatic rings. The van der Waals surface area contributed by atoms with Crippen LogP contribution in [-0.4, -0.2) is 82.5 Å². The number of nitrogens with zero attached hydrogens (tertiary/aromatic N) is 3. The first kappa shape index (κ1) is 44.3. The van der Waals surface area contributed by atoms with Gasteiger partial charge in [-0.05, 0) is 84.8 Å². The summed E-state index contributed by atoms with van der Waals surface area (Å²) in [6, 6.07) is 16.1. The molecular weight excluding hydrogens is 811 g/mol. The number of aliphatic hydroxyl groups is 1. The lowest BCUT2D eigenvalue weighted by molar-refractivity contribution is -0.129. The van der Waals surface area contributed by atoms with Gasteiger partial charge in [0, 0.05) is 18.2 Å². The fraction of sp³-hybridized carbons (Fsp3) is 0.488. The second-order valence-electron chi connectivity index (χ2n) is 16.8. The van der Waals surface area contributed by atoms with Gasteiger partial charge in [0.05, 0.1) is 54.8 Å². The maximum absolute atomic E-state index is 15.0. The highest BCUT2D eigenvalue weighted by Gasteiger charge is 2.61. The van der Waals surface area contributed by atoms with E-state index in [1.54, 1.807) is 42.5 Å². The van der Waals surface area contributed by atoms with Crippen LogP contribution in [-0.2, 0) is 42.2 Å². The van der Waals surface area contributed by atoms with Crippen molar-refractivity contribution < 1.29 is 40.6 Å². The number of aromatic nitrogens is 2. The van der Waals surface area contributed by atoms with Crippen molar-refractivity contribution in [2.75, 3.05) is 27.4 Å². The summed E-state index contributed by atoms with van der Waals surface area (Å²) in [5, 5.41) is 11.0. The molecule has 1 N–H and O–H groups in total. The summed E-state index contributed by atoms with van der Waals surface area (Å²) >= 11 is 0. The zero-order chi connectivity index (χ0) is 43.4. The van der Waals surface area contributed by atoms with Crippen LogP contribution < -0.4 is 15.2 Å². The van der Waals surface area contributed by atoms with Crippen LogP contribution in [0.15, 0.2) is 81.3 Å². The van der Waals surface area contributed by atoms with E-state index in [1.165, 1.54) is 43.1 Å². The Labute approximate surface area is 349 Å². The Morgan fingerprint density at radius 1 is 0.746 bits per heavy atom. The molecule has 16 heteroatoms. The predicted molar refractivity (Wildman–Crippen MR) is 228 cm³/mol. The lowest BCUT2D eigenvalue weighted by Gasteiger charge is -2.44. The summed E-state index contributed by atoms with van der Waals surface area (Å²) in [4.78, 5) is 29.8. The van der Waals surface area contributed by atoms with E-state index in [-0.39, 0.29) is 57.4 Å². The molecule has 320 valence electrons. The fourth-order valence-corrected chi connectivity index (χ4v) is 18.3. The number of hydrogen-bond donors (Lipinski definition) is 1. The first-order valence-electron chi connectivity index (χ1n) is 20.0. The van der Waals surface area contributed by atoms with Crippen LogP contribution in [0.5, 0.6) is 11.5 Å². The summed E-state index contributed by atoms with van der Waals surface area (Å²) in [7, 11) is -8.99. The number of hydrogen-bond acceptors (Lipinski definition) is 10. The number of imidazole rings is 1. The largest absolute Gasteiger partial charge is 0.493 e. The molecule has 6 rings (SSSR count). The number of sulfonamides is 1. The molecule has 0 unspecified atom stereocenters. The third-order valence-corrected chi connectivity index (χ3v) is 22.1. The van der Waals surface area contributed by atoms with Crippen LogP contribution in [0.2, 0.25) is 16.6 Å². The van der Waals surface area contributed by atoms with E-state index in [9.17, 15) is 21.9 Å². The maximum atomic E-state index is 15.0. The second-order valence-corrected chi connectivity index (χ2v) is 25.9. The third-order valence-electron chi connectivity index (χ3n) is 12.5. The first-order valence-corrected chi connectivity index (χ1v) is 25.1. The normalized spacial score (nSPS) is 19.8. The summed E-state index contributed by atoms with van der Waals surface area (Å²) in [5.74, 6) is -3.18. The molecule has 3 aromatic carbocycles. The van der Waals surface area contributed by atoms with Crippen LogP contribution in [0.1, 0.15) is 75.5 Å². The van der Waals surface area contributed by atoms with Gasteiger partial charge in [-0.2, -0.15) is 3.97 Å². The second kappa shape index (κ2) is 16.7. The minimum Gasteiger partial charge on any atom is -0.493 e. The Balaban J connectivity index is 1.67. The summed E-state index contributed by atoms with van der Waals surface area (Å²) < 4.78 is 80.7. The molecule has 1 saturated heterocycles. The molecule has 1 aliphatic heterocycles. The number of fused-ring (bicyclic) bond motifs is 3. The number of benzene rings is 3. The first-order chi connectivity index (χ1) is 27.8. The number of carbonyl (C=O) groups excluding carboxylic acids is 1. The van der Waals surface area contributed by atoms with Crippen LogP contribution in [0.3, 0.4) is 0 Å². The Morgan fingerprint density at radius 3 is 1.76 bits per heavy atom. The number of rotatable bonds is 15. The Morgan fingerprint density at radius 2 is 1.27 bits per heavy atom. The van der Waals surface area contributed by atoms with E-state index in [1.807, 2.05) is 13.8 Å². The minimum absolute atomic E-state index is 0.0141. The number of aliphatic hydroxyl groups excluding tert-OH is 1. The van der Waals surface area contributed by atoms with Gasteiger partial charge < -0.3 is 19.0 Å². The number of carbonyl (C=O) groups is 1. The summed E-state index contributed by atoms with van der Waals surface area (Å²) in [6.07, 6.45) is -0.0770. The van der Waals surface area contributed by atoms with Crippen molar-refractivity contribution in [3.05, 3.63) is 105 Å². The van der Waals surface area contributed by atoms with Crippen molar-refractivity contribution in [2.45, 2.75) is 107 Å². The molecular formula is C43H57N3O10S2Si. The topological polar surface area (TPSA) is 163 Å². The van der Waals surface area contributed by atoms with E-state index in [0.29, 0.717) is 17.1 Å². The predicted octanol–water partition coefficient (Wildman–Crippen LogP) is 6.23. The van der Waals surface area contributed by atoms with Crippen LogP contribution in [0.25, 0.3) is 0 Å². The van der Waals surface area contributed by atoms with Gasteiger partial charge in [-0.15, -0.1) is 0 Å². The molecule has 0 bridgehead atoms. The number of aryl methyl sites for hydroxylation is 2. The number of amides is 1. The Bertz CT molecular complexity index is 2460. The molecule has 0 spiro atoms. The van der Waals surface area contributed by atoms with Gasteiger partial charge in [0.1, 0.15) is 0 Å². The monoisotopic (exact) mass is 867 g/mol. The molecule has 59 heavy (non-hydrogen) atoms. The smallest absolute Gasteiger partial charge is 0.343 e. The fourth-order valence-electron chi connectivity index (χ4n) is 9.77. The lowest BCUT2D eigenvalue weighted by Crippen LogP contribution is -2.52. The molecule has 13 nitrogen and oxygen atoms in total. The van der Waals surface area contributed by atoms with Crippen LogP contribution in [0.4, 0.5) is 0 Å². The average molecular weight is 868 g/mol. The van der Waals surface area contributed by atoms with Gasteiger partial charge in [0.25, 0.3) is 20.0 Å². The molecule has 2 heterocycles. The highest BCUT2D eigenvalue weighted by atomic mass is 32.2. The molecule has 0 saturated carbocycles. The van der Waals surface area contributed by atoms with Crippen molar-refractivity contribution in [2.24, 2.45) is 11.8 Å². The number of methoxy groups -OCH3 is 2. The quantitative estimate of drug-likeness (QED) is 0.136. The number of ether oxygens (including phenoxy) is 2. The van der Waals surface area contributed by atoms with Crippen LogP contribution in [0, 0.1) is 25.7 Å². The van der Waals surface area contributed by atoms with Gasteiger partial charge in [-0.3, -0.25) is 9.36 Å². The highest BCUT2D eigenvalue weighted by molar-refractivity contribution is 7.90. The molecule has 2 aliphatic rings. The zero-order valence-electron chi connectivity index (χ0n) is 35.5. The highest BCUT2D eigenvalue weighted by Crippen LogP contribution is 2.52. The van der Waals surface area contributed by atoms with E-state index in [4.69, 9.17) is 13.9 Å². The summed E-state index contributed by atoms with van der Waals surface area (Å²) in [6.45, 7) is 15.3. The SMILES string of the molecule is COc1ccc(Cn2c3c(n(S(=O)(=O)c4ccc(C)cc4)c2=O)[C@H]2[C@H](C(=O)N(S(=O)(=O)c4ccc(C)cc4)[C@@H]2CO[Si](C(C)C)(C(C)C)C(C)C)[C@H](CO)C3)cc1OC. The molecule has 1 aliphatic carbocycles. The lowest BCUT2D eigenvalue weighted by atomic mass is 9.72. The molecule has 1 amide bonds. The van der Waals surface area contributed by atoms with E-state index in [2.05, 4.69) is 41.5 Å². The van der Waals surface area contributed by atoms with Crippen molar-refractivity contribution >= 4 is 34.3 Å². The van der Waals surface area contributed by atoms with Crippen LogP contribution >= 0.6 is 0 Å². The Hall–Kier alpha value is -4.22. The Kier molecular flexibility index (Phi) is 12.5. The van der Waals surface area contributed by atoms with Crippen molar-refractivity contribution in [3.63, 3.8) is 0 Å². The zero-order valence-corrected chi connectivity index (χ0v) is 38.1. The standard InChI is InChI=1S/C43H57N3O10S2Si/c1-26(2)59(27(3)4,28(5)6)56-25-36-40-39(42(48)45(36)57(50,51)33-16-11-29(7)12-17-33)32(24-47)22-35-41(40)46(58(52,53)34-18-13-30(8)14-19-34)43(49)44(35)23-31-15-20-37(54-9)38(21-31)55-10/h11-21,26-28,32,36,39-40,47H,22-25H2,1-10H3/t32-,36+,39+,40+/m0/s1. The van der Waals surface area contributed by atoms with Crippen molar-refractivity contribution in [1.29, 1.82) is 0 Å². The molecule has 0 radical (unpaired) electrons. The van der Waals surface area contributed by atoms with Gasteiger partial charge in [0.2, 0.25) is 5.91 Å². The average Bonchev–Trinajstić information content (AvgIpc) is 3.64. The molecule has 1 aromatic heterocycles. The van der Waals surface area contributed by atoms with Gasteiger partial charge >= 0.3 is 5.69 Å². The molecule has 4 atom stereocenters. The molecule has 1 fully saturated rings. The van der Waals surface area contributed by atoms with E-state index >= 15 is 9.59 Å². The van der Waals surface area contributed by atoms with Crippen molar-refractivity contribution in [1.82, 2.24) is 12.8 Å². The van der Waals surface area contributed by atoms with Gasteiger partial charge in [-0.1, -0.05) is 83.0 Å². The van der Waals surface area contributed by atoms with E-state index < -0.39 is 70.4 Å². The van der Waals surface area contributed by atoms with Gasteiger partial charge in [-0.25, -0.2) is 25.9 Å². The van der Waals surface area contributed by atoms with E-state index in [0.717, 1.165) is 19.4 Å². The summed E-state index contributed by atoms with van der Waals surface area (Å²) in [5.41, 5.74) is 1.90. The van der Waals surface area contributed by atoms with Crippen molar-refractivity contribution in [3.8, 4) is 11.5 Å². The maximum Gasteiger partial charge on any atom is 0.343 e. The minimum atomic E-state index is -4.66.